The third kappa shape index (κ3) is 4.91. The number of nitrogens with one attached hydrogen (secondary N) is 1. The molecule has 0 amide bonds. The molecule has 3 N–H and O–H groups in total. The van der Waals surface area contributed by atoms with Crippen LogP contribution in [-0.4, -0.2) is 39.4 Å². The summed E-state index contributed by atoms with van der Waals surface area (Å²) in [4.78, 5) is 0. The third-order valence-corrected chi connectivity index (χ3v) is 2.38. The first kappa shape index (κ1) is 14.8. The summed E-state index contributed by atoms with van der Waals surface area (Å²) in [5.41, 5.74) is 5.94. The van der Waals surface area contributed by atoms with E-state index < -0.39 is 0 Å². The van der Waals surface area contributed by atoms with Crippen molar-refractivity contribution in [2.24, 2.45) is 5.73 Å². The molecule has 1 rings (SSSR count). The molecule has 1 aromatic carbocycles. The highest BCUT2D eigenvalue weighted by Crippen LogP contribution is 2.22. The minimum atomic E-state index is -0.0761. The second-order valence-electron chi connectivity index (χ2n) is 3.51. The Morgan fingerprint density at radius 3 is 2.67 bits per heavy atom. The molecule has 5 nitrogen and oxygen atoms in total. The Bertz CT molecular complexity index is 399. The zero-order chi connectivity index (χ0) is 13.4. The van der Waals surface area contributed by atoms with Crippen LogP contribution in [0, 0.1) is 5.41 Å². The van der Waals surface area contributed by atoms with Crippen molar-refractivity contribution >= 4 is 17.4 Å². The fraction of sp³-hybridized carbons (Fsp3) is 0.417. The molecule has 0 radical (unpaired) electrons. The largest absolute Gasteiger partial charge is 0.490 e. The van der Waals surface area contributed by atoms with Crippen molar-refractivity contribution in [2.75, 3.05) is 33.5 Å². The van der Waals surface area contributed by atoms with Crippen molar-refractivity contribution < 1.29 is 14.2 Å². The molecule has 0 aliphatic heterocycles. The summed E-state index contributed by atoms with van der Waals surface area (Å²) in [5, 5.41) is 7.95. The van der Waals surface area contributed by atoms with Gasteiger partial charge >= 0.3 is 0 Å². The van der Waals surface area contributed by atoms with Gasteiger partial charge in [-0.15, -0.1) is 0 Å². The van der Waals surface area contributed by atoms with Crippen LogP contribution in [0.5, 0.6) is 5.75 Å². The summed E-state index contributed by atoms with van der Waals surface area (Å²) >= 11 is 5.83. The lowest BCUT2D eigenvalue weighted by atomic mass is 10.2. The summed E-state index contributed by atoms with van der Waals surface area (Å²) in [7, 11) is 1.62. The van der Waals surface area contributed by atoms with Crippen molar-refractivity contribution in [1.29, 1.82) is 5.41 Å². The fourth-order valence-corrected chi connectivity index (χ4v) is 1.47. The number of nitrogen functional groups attached to an aromatic ring is 1. The van der Waals surface area contributed by atoms with Crippen molar-refractivity contribution in [3.8, 4) is 5.75 Å². The van der Waals surface area contributed by atoms with Gasteiger partial charge in [-0.05, 0) is 18.2 Å². The van der Waals surface area contributed by atoms with E-state index in [4.69, 9.17) is 37.0 Å². The van der Waals surface area contributed by atoms with Crippen molar-refractivity contribution in [1.82, 2.24) is 0 Å². The number of hydrogen-bond acceptors (Lipinski definition) is 4. The standard InChI is InChI=1S/C12H17ClN2O3/c1-16-4-5-17-6-7-18-11-3-2-9(13)8-10(11)12(14)15/h2-3,8H,4-7H2,1H3,(H3,14,15). The van der Waals surface area contributed by atoms with E-state index in [1.165, 1.54) is 0 Å². The molecule has 0 saturated heterocycles. The number of amidine groups is 1. The average Bonchev–Trinajstić information content (AvgIpc) is 2.35. The molecule has 18 heavy (non-hydrogen) atoms. The van der Waals surface area contributed by atoms with Gasteiger partial charge in [0.25, 0.3) is 0 Å². The van der Waals surface area contributed by atoms with Gasteiger partial charge in [0, 0.05) is 12.1 Å². The molecular weight excluding hydrogens is 256 g/mol. The highest BCUT2D eigenvalue weighted by molar-refractivity contribution is 6.31. The summed E-state index contributed by atoms with van der Waals surface area (Å²) in [6.07, 6.45) is 0. The van der Waals surface area contributed by atoms with Crippen LogP contribution in [0.4, 0.5) is 0 Å². The number of methoxy groups -OCH3 is 1. The van der Waals surface area contributed by atoms with Gasteiger partial charge in [0.2, 0.25) is 0 Å². The van der Waals surface area contributed by atoms with Crippen LogP contribution in [0.15, 0.2) is 18.2 Å². The van der Waals surface area contributed by atoms with E-state index in [0.717, 1.165) is 0 Å². The van der Waals surface area contributed by atoms with E-state index in [2.05, 4.69) is 0 Å². The monoisotopic (exact) mass is 272 g/mol. The number of nitrogens with two attached hydrogens (primary N) is 1. The second-order valence-corrected chi connectivity index (χ2v) is 3.94. The zero-order valence-electron chi connectivity index (χ0n) is 10.2. The van der Waals surface area contributed by atoms with Gasteiger partial charge in [-0.25, -0.2) is 0 Å². The van der Waals surface area contributed by atoms with Crippen LogP contribution < -0.4 is 10.5 Å². The van der Waals surface area contributed by atoms with Gasteiger partial charge in [-0.3, -0.25) is 5.41 Å². The lowest BCUT2D eigenvalue weighted by molar-refractivity contribution is 0.0544. The average molecular weight is 273 g/mol. The van der Waals surface area contributed by atoms with Gasteiger partial charge in [0.15, 0.2) is 0 Å². The molecule has 0 spiro atoms. The van der Waals surface area contributed by atoms with E-state index in [9.17, 15) is 0 Å². The molecule has 0 heterocycles. The number of rotatable bonds is 8. The summed E-state index contributed by atoms with van der Waals surface area (Å²) in [6, 6.07) is 4.98. The Labute approximate surface area is 111 Å². The number of benzene rings is 1. The molecule has 6 heteroatoms. The maximum atomic E-state index is 7.44. The van der Waals surface area contributed by atoms with Gasteiger partial charge in [-0.1, -0.05) is 11.6 Å². The molecule has 0 saturated carbocycles. The topological polar surface area (TPSA) is 77.6 Å². The first-order valence-corrected chi connectivity index (χ1v) is 5.86. The van der Waals surface area contributed by atoms with Crippen molar-refractivity contribution in [3.05, 3.63) is 28.8 Å². The van der Waals surface area contributed by atoms with Crippen LogP contribution >= 0.6 is 11.6 Å². The molecule has 1 aromatic rings. The molecule has 0 atom stereocenters. The van der Waals surface area contributed by atoms with Crippen molar-refractivity contribution in [2.45, 2.75) is 0 Å². The van der Waals surface area contributed by atoms with Gasteiger partial charge in [-0.2, -0.15) is 0 Å². The van der Waals surface area contributed by atoms with Gasteiger partial charge < -0.3 is 19.9 Å². The molecule has 0 bridgehead atoms. The quantitative estimate of drug-likeness (QED) is 0.429. The second kappa shape index (κ2) is 7.92. The molecule has 100 valence electrons. The first-order chi connectivity index (χ1) is 8.65. The highest BCUT2D eigenvalue weighted by Gasteiger charge is 2.07. The Morgan fingerprint density at radius 1 is 1.28 bits per heavy atom. The zero-order valence-corrected chi connectivity index (χ0v) is 11.0. The maximum absolute atomic E-state index is 7.44. The molecule has 0 aliphatic rings. The van der Waals surface area contributed by atoms with Gasteiger partial charge in [0.1, 0.15) is 18.2 Å². The fourth-order valence-electron chi connectivity index (χ4n) is 1.29. The lowest BCUT2D eigenvalue weighted by Crippen LogP contribution is -2.15. The number of hydrogen-bond donors (Lipinski definition) is 2. The minimum absolute atomic E-state index is 0.0761. The number of halogens is 1. The smallest absolute Gasteiger partial charge is 0.130 e. The molecule has 0 fully saturated rings. The molecule has 0 unspecified atom stereocenters. The van der Waals surface area contributed by atoms with E-state index >= 15 is 0 Å². The van der Waals surface area contributed by atoms with Crippen LogP contribution in [0.25, 0.3) is 0 Å². The van der Waals surface area contributed by atoms with E-state index in [0.29, 0.717) is 42.8 Å². The van der Waals surface area contributed by atoms with Crippen LogP contribution in [0.3, 0.4) is 0 Å². The predicted molar refractivity (Wildman–Crippen MR) is 70.7 cm³/mol. The Kier molecular flexibility index (Phi) is 6.49. The van der Waals surface area contributed by atoms with E-state index in [1.54, 1.807) is 25.3 Å². The Hall–Kier alpha value is -1.30. The first-order valence-electron chi connectivity index (χ1n) is 5.48. The molecule has 0 aromatic heterocycles. The number of ether oxygens (including phenoxy) is 3. The van der Waals surface area contributed by atoms with E-state index in [1.807, 2.05) is 0 Å². The third-order valence-electron chi connectivity index (χ3n) is 2.15. The minimum Gasteiger partial charge on any atom is -0.490 e. The highest BCUT2D eigenvalue weighted by atomic mass is 35.5. The van der Waals surface area contributed by atoms with Gasteiger partial charge in [0.05, 0.1) is 25.4 Å². The van der Waals surface area contributed by atoms with Crippen molar-refractivity contribution in [3.63, 3.8) is 0 Å². The summed E-state index contributed by atoms with van der Waals surface area (Å²) in [6.45, 7) is 1.91. The Morgan fingerprint density at radius 2 is 2.00 bits per heavy atom. The SMILES string of the molecule is COCCOCCOc1ccc(Cl)cc1C(=N)N. The van der Waals surface area contributed by atoms with Crippen LogP contribution in [-0.2, 0) is 9.47 Å². The maximum Gasteiger partial charge on any atom is 0.130 e. The lowest BCUT2D eigenvalue weighted by Gasteiger charge is -2.11. The summed E-state index contributed by atoms with van der Waals surface area (Å²) in [5.74, 6) is 0.454. The molecule has 0 aliphatic carbocycles. The summed E-state index contributed by atoms with van der Waals surface area (Å²) < 4.78 is 15.6. The van der Waals surface area contributed by atoms with Crippen LogP contribution in [0.2, 0.25) is 5.02 Å². The molecular formula is C12H17ClN2O3. The Balaban J connectivity index is 2.44. The van der Waals surface area contributed by atoms with Crippen LogP contribution in [0.1, 0.15) is 5.56 Å². The van der Waals surface area contributed by atoms with E-state index in [-0.39, 0.29) is 5.84 Å². The predicted octanol–water partition coefficient (Wildman–Crippen LogP) is 1.67. The normalized spacial score (nSPS) is 10.3.